The second kappa shape index (κ2) is 2.80. The van der Waals surface area contributed by atoms with Crippen molar-refractivity contribution in [3.63, 3.8) is 0 Å². The van der Waals surface area contributed by atoms with Crippen molar-refractivity contribution in [1.82, 2.24) is 0 Å². The van der Waals surface area contributed by atoms with Crippen LogP contribution >= 0.6 is 0 Å². The van der Waals surface area contributed by atoms with Crippen LogP contribution < -0.4 is 0 Å². The summed E-state index contributed by atoms with van der Waals surface area (Å²) in [5.74, 6) is 0. The first kappa shape index (κ1) is 8.51. The van der Waals surface area contributed by atoms with E-state index in [-0.39, 0.29) is 5.41 Å². The highest BCUT2D eigenvalue weighted by molar-refractivity contribution is 5.28. The Morgan fingerprint density at radius 3 is 2.45 bits per heavy atom. The van der Waals surface area contributed by atoms with Crippen molar-refractivity contribution in [3.05, 3.63) is 23.8 Å². The molecule has 0 bridgehead atoms. The summed E-state index contributed by atoms with van der Waals surface area (Å²) < 4.78 is 12.6. The fourth-order valence-corrected chi connectivity index (χ4v) is 1.15. The van der Waals surface area contributed by atoms with Gasteiger partial charge in [-0.3, -0.25) is 0 Å². The molecule has 0 radical (unpaired) electrons. The zero-order valence-electron chi connectivity index (χ0n) is 7.39. The molecule has 11 heavy (non-hydrogen) atoms. The molecule has 0 heterocycles. The quantitative estimate of drug-likeness (QED) is 0.502. The molecule has 0 aliphatic heterocycles. The molecule has 0 N–H and O–H groups in total. The Morgan fingerprint density at radius 2 is 2.09 bits per heavy atom. The topological polar surface area (TPSA) is 0 Å². The zero-order chi connectivity index (χ0) is 8.48. The smallest absolute Gasteiger partial charge is 0.122 e. The monoisotopic (exact) mass is 154 g/mol. The average Bonchev–Trinajstić information content (AvgIpc) is 1.86. The van der Waals surface area contributed by atoms with Crippen molar-refractivity contribution >= 4 is 0 Å². The molecule has 0 saturated carbocycles. The third-order valence-corrected chi connectivity index (χ3v) is 1.91. The molecule has 1 atom stereocenters. The maximum Gasteiger partial charge on any atom is 0.122 e. The summed E-state index contributed by atoms with van der Waals surface area (Å²) in [7, 11) is 0. The first-order valence-corrected chi connectivity index (χ1v) is 4.03. The number of halogens is 1. The lowest BCUT2D eigenvalue weighted by molar-refractivity contribution is 0.394. The minimum Gasteiger partial charge on any atom is -0.243 e. The summed E-state index contributed by atoms with van der Waals surface area (Å²) in [5.41, 5.74) is 1.41. The van der Waals surface area contributed by atoms with Gasteiger partial charge < -0.3 is 0 Å². The lowest BCUT2D eigenvalue weighted by Gasteiger charge is -2.22. The van der Waals surface area contributed by atoms with Gasteiger partial charge in [0.1, 0.15) is 6.17 Å². The molecule has 1 rings (SSSR count). The largest absolute Gasteiger partial charge is 0.243 e. The van der Waals surface area contributed by atoms with Crippen LogP contribution in [0.2, 0.25) is 0 Å². The molecule has 0 aromatic heterocycles. The number of rotatable bonds is 0. The minimum absolute atomic E-state index is 0.163. The Kier molecular flexibility index (Phi) is 2.17. The van der Waals surface area contributed by atoms with E-state index in [0.29, 0.717) is 6.42 Å². The van der Waals surface area contributed by atoms with E-state index < -0.39 is 6.17 Å². The first-order chi connectivity index (χ1) is 5.00. The molecule has 1 aliphatic rings. The number of alkyl halides is 1. The molecule has 1 heteroatoms. The van der Waals surface area contributed by atoms with Gasteiger partial charge in [-0.05, 0) is 11.0 Å². The molecule has 1 unspecified atom stereocenters. The third kappa shape index (κ3) is 2.18. The Morgan fingerprint density at radius 1 is 1.45 bits per heavy atom. The Balaban J connectivity index is 2.71. The zero-order valence-corrected chi connectivity index (χ0v) is 7.39. The SMILES string of the molecule is CC(C)(C)C1=CCC(F)C=C1. The van der Waals surface area contributed by atoms with E-state index in [9.17, 15) is 4.39 Å². The van der Waals surface area contributed by atoms with Crippen LogP contribution in [0.25, 0.3) is 0 Å². The van der Waals surface area contributed by atoms with Crippen molar-refractivity contribution in [1.29, 1.82) is 0 Å². The van der Waals surface area contributed by atoms with Crippen LogP contribution in [0.4, 0.5) is 4.39 Å². The number of hydrogen-bond acceptors (Lipinski definition) is 0. The van der Waals surface area contributed by atoms with Crippen molar-refractivity contribution in [2.24, 2.45) is 5.41 Å². The molecule has 0 amide bonds. The van der Waals surface area contributed by atoms with Crippen molar-refractivity contribution in [2.45, 2.75) is 33.4 Å². The van der Waals surface area contributed by atoms with Gasteiger partial charge in [0.05, 0.1) is 0 Å². The lowest BCUT2D eigenvalue weighted by atomic mass is 9.83. The summed E-state index contributed by atoms with van der Waals surface area (Å²) in [6.07, 6.45) is 5.31. The maximum absolute atomic E-state index is 12.6. The highest BCUT2D eigenvalue weighted by atomic mass is 19.1. The third-order valence-electron chi connectivity index (χ3n) is 1.91. The summed E-state index contributed by atoms with van der Waals surface area (Å²) >= 11 is 0. The van der Waals surface area contributed by atoms with Gasteiger partial charge in [-0.15, -0.1) is 0 Å². The van der Waals surface area contributed by atoms with E-state index in [2.05, 4.69) is 20.8 Å². The van der Waals surface area contributed by atoms with Gasteiger partial charge in [-0.1, -0.05) is 39.0 Å². The molecule has 0 aromatic rings. The van der Waals surface area contributed by atoms with Crippen LogP contribution in [0.5, 0.6) is 0 Å². The second-order valence-electron chi connectivity index (χ2n) is 4.02. The van der Waals surface area contributed by atoms with E-state index in [1.165, 1.54) is 5.57 Å². The van der Waals surface area contributed by atoms with Gasteiger partial charge in [0, 0.05) is 6.42 Å². The lowest BCUT2D eigenvalue weighted by Crippen LogP contribution is -2.11. The minimum atomic E-state index is -0.763. The molecule has 0 fully saturated rings. The Bertz CT molecular complexity index is 193. The van der Waals surface area contributed by atoms with E-state index in [0.717, 1.165) is 0 Å². The normalized spacial score (nSPS) is 25.1. The highest BCUT2D eigenvalue weighted by Gasteiger charge is 2.17. The van der Waals surface area contributed by atoms with Gasteiger partial charge in [-0.2, -0.15) is 0 Å². The van der Waals surface area contributed by atoms with Gasteiger partial charge in [-0.25, -0.2) is 4.39 Å². The van der Waals surface area contributed by atoms with Crippen LogP contribution in [0.3, 0.4) is 0 Å². The molecule has 62 valence electrons. The Labute approximate surface area is 67.8 Å². The molecular weight excluding hydrogens is 139 g/mol. The van der Waals surface area contributed by atoms with E-state index >= 15 is 0 Å². The Hall–Kier alpha value is -0.590. The molecule has 1 aliphatic carbocycles. The van der Waals surface area contributed by atoms with Gasteiger partial charge >= 0.3 is 0 Å². The van der Waals surface area contributed by atoms with Gasteiger partial charge in [0.25, 0.3) is 0 Å². The second-order valence-corrected chi connectivity index (χ2v) is 4.02. The average molecular weight is 154 g/mol. The molecule has 0 nitrogen and oxygen atoms in total. The van der Waals surface area contributed by atoms with Crippen LogP contribution in [-0.2, 0) is 0 Å². The molecule has 0 saturated heterocycles. The number of hydrogen-bond donors (Lipinski definition) is 0. The van der Waals surface area contributed by atoms with Crippen LogP contribution in [0.15, 0.2) is 23.8 Å². The first-order valence-electron chi connectivity index (χ1n) is 4.03. The van der Waals surface area contributed by atoms with Crippen molar-refractivity contribution in [3.8, 4) is 0 Å². The fraction of sp³-hybridized carbons (Fsp3) is 0.600. The van der Waals surface area contributed by atoms with Crippen LogP contribution in [-0.4, -0.2) is 6.17 Å². The number of allylic oxidation sites excluding steroid dienone is 4. The fourth-order valence-electron chi connectivity index (χ4n) is 1.15. The predicted molar refractivity (Wildman–Crippen MR) is 46.2 cm³/mol. The van der Waals surface area contributed by atoms with Gasteiger partial charge in [0.15, 0.2) is 0 Å². The van der Waals surface area contributed by atoms with Crippen LogP contribution in [0.1, 0.15) is 27.2 Å². The van der Waals surface area contributed by atoms with E-state index in [1.54, 1.807) is 6.08 Å². The molecule has 0 aromatic carbocycles. The summed E-state index contributed by atoms with van der Waals surface area (Å²) in [6, 6.07) is 0. The maximum atomic E-state index is 12.6. The van der Waals surface area contributed by atoms with Crippen molar-refractivity contribution in [2.75, 3.05) is 0 Å². The van der Waals surface area contributed by atoms with Gasteiger partial charge in [0.2, 0.25) is 0 Å². The summed E-state index contributed by atoms with van der Waals surface area (Å²) in [5, 5.41) is 0. The predicted octanol–water partition coefficient (Wildman–Crippen LogP) is 3.26. The van der Waals surface area contributed by atoms with E-state index in [4.69, 9.17) is 0 Å². The summed E-state index contributed by atoms with van der Waals surface area (Å²) in [4.78, 5) is 0. The molecular formula is C10H15F. The highest BCUT2D eigenvalue weighted by Crippen LogP contribution is 2.29. The summed E-state index contributed by atoms with van der Waals surface area (Å²) in [6.45, 7) is 6.42. The standard InChI is InChI=1S/C10H15F/c1-10(2,3)8-4-6-9(11)7-5-8/h4-6,9H,7H2,1-3H3. The van der Waals surface area contributed by atoms with Crippen LogP contribution in [0, 0.1) is 5.41 Å². The van der Waals surface area contributed by atoms with Crippen molar-refractivity contribution < 1.29 is 4.39 Å². The van der Waals surface area contributed by atoms with E-state index in [1.807, 2.05) is 12.2 Å². The molecule has 0 spiro atoms.